The van der Waals surface area contributed by atoms with Crippen LogP contribution in [0.25, 0.3) is 0 Å². The number of hydrogen-bond acceptors (Lipinski definition) is 2. The maximum Gasteiger partial charge on any atom is 0.416 e. The Labute approximate surface area is 202 Å². The number of primary amides is 1. The third-order valence-corrected chi connectivity index (χ3v) is 5.98. The van der Waals surface area contributed by atoms with Crippen molar-refractivity contribution in [3.05, 3.63) is 131 Å². The van der Waals surface area contributed by atoms with E-state index >= 15 is 0 Å². The van der Waals surface area contributed by atoms with Crippen molar-refractivity contribution < 1.29 is 22.7 Å². The summed E-state index contributed by atoms with van der Waals surface area (Å²) < 4.78 is 45.6. The predicted molar refractivity (Wildman–Crippen MR) is 129 cm³/mol. The molecule has 4 aromatic rings. The summed E-state index contributed by atoms with van der Waals surface area (Å²) in [5.41, 5.74) is 6.23. The zero-order valence-corrected chi connectivity index (χ0v) is 18.8. The van der Waals surface area contributed by atoms with Gasteiger partial charge in [-0.25, -0.2) is 0 Å². The lowest BCUT2D eigenvalue weighted by molar-refractivity contribution is -0.137. The standard InChI is InChI=1S/C29H24F3NO2/c30-29(31,32)24-13-11-22(12-14-24)28(20-27(33)34,19-21-7-3-1-4-8-21)23-15-17-26(18-16-23)35-25-9-5-2-6-10-25/h1-18H,19-20H2,(H2,33,34). The Morgan fingerprint density at radius 2 is 1.11 bits per heavy atom. The highest BCUT2D eigenvalue weighted by Gasteiger charge is 2.38. The Balaban J connectivity index is 1.80. The number of amides is 1. The van der Waals surface area contributed by atoms with Gasteiger partial charge in [0.05, 0.1) is 5.56 Å². The second-order valence-electron chi connectivity index (χ2n) is 8.40. The van der Waals surface area contributed by atoms with E-state index in [4.69, 9.17) is 10.5 Å². The Morgan fingerprint density at radius 3 is 1.63 bits per heavy atom. The number of hydrogen-bond donors (Lipinski definition) is 1. The molecule has 178 valence electrons. The Kier molecular flexibility index (Phi) is 6.92. The molecule has 0 saturated heterocycles. The van der Waals surface area contributed by atoms with E-state index in [1.54, 1.807) is 12.1 Å². The summed E-state index contributed by atoms with van der Waals surface area (Å²) in [6, 6.07) is 31.0. The van der Waals surface area contributed by atoms with Crippen molar-refractivity contribution >= 4 is 5.91 Å². The fourth-order valence-corrected chi connectivity index (χ4v) is 4.32. The molecule has 1 atom stereocenters. The van der Waals surface area contributed by atoms with Gasteiger partial charge >= 0.3 is 6.18 Å². The van der Waals surface area contributed by atoms with Gasteiger partial charge in [-0.1, -0.05) is 72.8 Å². The molecule has 0 aliphatic rings. The number of ether oxygens (including phenoxy) is 1. The Bertz CT molecular complexity index is 1260. The van der Waals surface area contributed by atoms with Crippen LogP contribution >= 0.6 is 0 Å². The fraction of sp³-hybridized carbons (Fsp3) is 0.138. The van der Waals surface area contributed by atoms with E-state index in [9.17, 15) is 18.0 Å². The molecule has 35 heavy (non-hydrogen) atoms. The van der Waals surface area contributed by atoms with E-state index in [1.165, 1.54) is 12.1 Å². The van der Waals surface area contributed by atoms with Crippen LogP contribution < -0.4 is 10.5 Å². The molecule has 2 N–H and O–H groups in total. The summed E-state index contributed by atoms with van der Waals surface area (Å²) in [6.45, 7) is 0. The SMILES string of the molecule is NC(=O)CC(Cc1ccccc1)(c1ccc(Oc2ccccc2)cc1)c1ccc(C(F)(F)F)cc1. The normalized spacial score (nSPS) is 13.1. The molecule has 0 bridgehead atoms. The average molecular weight is 476 g/mol. The fourth-order valence-electron chi connectivity index (χ4n) is 4.32. The van der Waals surface area contributed by atoms with Crippen molar-refractivity contribution in [3.8, 4) is 11.5 Å². The third-order valence-electron chi connectivity index (χ3n) is 5.98. The van der Waals surface area contributed by atoms with Gasteiger partial charge in [0.2, 0.25) is 5.91 Å². The van der Waals surface area contributed by atoms with Crippen LogP contribution in [0, 0.1) is 0 Å². The van der Waals surface area contributed by atoms with Crippen molar-refractivity contribution in [1.29, 1.82) is 0 Å². The van der Waals surface area contributed by atoms with Crippen LogP contribution in [0.15, 0.2) is 109 Å². The van der Waals surface area contributed by atoms with Crippen LogP contribution in [-0.4, -0.2) is 5.91 Å². The molecule has 0 radical (unpaired) electrons. The molecular formula is C29H24F3NO2. The van der Waals surface area contributed by atoms with Gasteiger partial charge in [-0.3, -0.25) is 4.79 Å². The molecule has 0 aromatic heterocycles. The minimum absolute atomic E-state index is 0.0772. The summed E-state index contributed by atoms with van der Waals surface area (Å²) in [5.74, 6) is 0.723. The van der Waals surface area contributed by atoms with Gasteiger partial charge in [0.15, 0.2) is 0 Å². The number of halogens is 3. The summed E-state index contributed by atoms with van der Waals surface area (Å²) in [7, 11) is 0. The first kappa shape index (κ1) is 24.1. The zero-order valence-electron chi connectivity index (χ0n) is 18.8. The number of nitrogens with two attached hydrogens (primary N) is 1. The summed E-state index contributed by atoms with van der Waals surface area (Å²) in [4.78, 5) is 12.3. The Morgan fingerprint density at radius 1 is 0.657 bits per heavy atom. The number of para-hydroxylation sites is 1. The lowest BCUT2D eigenvalue weighted by Crippen LogP contribution is -2.36. The van der Waals surface area contributed by atoms with Crippen LogP contribution in [0.4, 0.5) is 13.2 Å². The van der Waals surface area contributed by atoms with E-state index in [-0.39, 0.29) is 6.42 Å². The quantitative estimate of drug-likeness (QED) is 0.301. The molecule has 0 spiro atoms. The maximum atomic E-state index is 13.2. The van der Waals surface area contributed by atoms with Gasteiger partial charge < -0.3 is 10.5 Å². The Hall–Kier alpha value is -4.06. The van der Waals surface area contributed by atoms with Gasteiger partial charge in [0, 0.05) is 11.8 Å². The average Bonchev–Trinajstić information content (AvgIpc) is 2.85. The van der Waals surface area contributed by atoms with Gasteiger partial charge in [0.1, 0.15) is 11.5 Å². The lowest BCUT2D eigenvalue weighted by atomic mass is 9.68. The van der Waals surface area contributed by atoms with Crippen molar-refractivity contribution in [2.24, 2.45) is 5.73 Å². The maximum absolute atomic E-state index is 13.2. The van der Waals surface area contributed by atoms with Crippen molar-refractivity contribution in [1.82, 2.24) is 0 Å². The molecule has 0 aliphatic heterocycles. The van der Waals surface area contributed by atoms with Crippen LogP contribution in [-0.2, 0) is 22.8 Å². The van der Waals surface area contributed by atoms with Gasteiger partial charge in [-0.05, 0) is 59.5 Å². The van der Waals surface area contributed by atoms with Gasteiger partial charge in [0.25, 0.3) is 0 Å². The molecule has 0 aliphatic carbocycles. The molecule has 0 heterocycles. The molecule has 0 fully saturated rings. The number of rotatable bonds is 8. The molecule has 0 saturated carbocycles. The van der Waals surface area contributed by atoms with Crippen molar-refractivity contribution in [2.75, 3.05) is 0 Å². The zero-order chi connectivity index (χ0) is 24.9. The minimum atomic E-state index is -4.46. The summed E-state index contributed by atoms with van der Waals surface area (Å²) in [6.07, 6.45) is -4.16. The number of alkyl halides is 3. The third kappa shape index (κ3) is 5.72. The van der Waals surface area contributed by atoms with E-state index < -0.39 is 23.1 Å². The number of benzene rings is 4. The van der Waals surface area contributed by atoms with Crippen molar-refractivity contribution in [3.63, 3.8) is 0 Å². The van der Waals surface area contributed by atoms with Gasteiger partial charge in [-0.15, -0.1) is 0 Å². The first-order chi connectivity index (χ1) is 16.8. The van der Waals surface area contributed by atoms with Crippen LogP contribution in [0.2, 0.25) is 0 Å². The molecular weight excluding hydrogens is 451 g/mol. The monoisotopic (exact) mass is 475 g/mol. The lowest BCUT2D eigenvalue weighted by Gasteiger charge is -2.35. The molecule has 4 aromatic carbocycles. The second kappa shape index (κ2) is 10.1. The van der Waals surface area contributed by atoms with E-state index in [2.05, 4.69) is 0 Å². The number of carbonyl (C=O) groups excluding carboxylic acids is 1. The summed E-state index contributed by atoms with van der Waals surface area (Å²) >= 11 is 0. The van der Waals surface area contributed by atoms with E-state index in [0.29, 0.717) is 23.5 Å². The largest absolute Gasteiger partial charge is 0.457 e. The minimum Gasteiger partial charge on any atom is -0.457 e. The van der Waals surface area contributed by atoms with E-state index in [1.807, 2.05) is 72.8 Å². The molecule has 3 nitrogen and oxygen atoms in total. The first-order valence-corrected chi connectivity index (χ1v) is 11.1. The highest BCUT2D eigenvalue weighted by molar-refractivity contribution is 5.77. The predicted octanol–water partition coefficient (Wildman–Crippen LogP) is 6.90. The number of carbonyl (C=O) groups is 1. The summed E-state index contributed by atoms with van der Waals surface area (Å²) in [5, 5.41) is 0. The smallest absolute Gasteiger partial charge is 0.416 e. The van der Waals surface area contributed by atoms with Crippen LogP contribution in [0.3, 0.4) is 0 Å². The second-order valence-corrected chi connectivity index (χ2v) is 8.40. The molecule has 1 unspecified atom stereocenters. The topological polar surface area (TPSA) is 52.3 Å². The van der Waals surface area contributed by atoms with Crippen LogP contribution in [0.1, 0.15) is 28.7 Å². The molecule has 1 amide bonds. The first-order valence-electron chi connectivity index (χ1n) is 11.1. The van der Waals surface area contributed by atoms with E-state index in [0.717, 1.165) is 23.3 Å². The highest BCUT2D eigenvalue weighted by Crippen LogP contribution is 2.41. The van der Waals surface area contributed by atoms with Crippen molar-refractivity contribution in [2.45, 2.75) is 24.4 Å². The van der Waals surface area contributed by atoms with Gasteiger partial charge in [-0.2, -0.15) is 13.2 Å². The molecule has 6 heteroatoms. The van der Waals surface area contributed by atoms with Crippen LogP contribution in [0.5, 0.6) is 11.5 Å². The highest BCUT2D eigenvalue weighted by atomic mass is 19.4. The molecule has 4 rings (SSSR count).